The molecule has 0 saturated carbocycles. The summed E-state index contributed by atoms with van der Waals surface area (Å²) in [5, 5.41) is 2.18. The van der Waals surface area contributed by atoms with Gasteiger partial charge in [0.2, 0.25) is 0 Å². The van der Waals surface area contributed by atoms with Gasteiger partial charge in [-0.3, -0.25) is 4.79 Å². The van der Waals surface area contributed by atoms with Gasteiger partial charge in [-0.1, -0.05) is 36.4 Å². The van der Waals surface area contributed by atoms with Crippen molar-refractivity contribution in [3.8, 4) is 0 Å². The Kier molecular flexibility index (Phi) is 2.73. The molecular formula is C16H14O2. The van der Waals surface area contributed by atoms with Crippen molar-refractivity contribution in [2.24, 2.45) is 0 Å². The minimum absolute atomic E-state index is 0.0905. The molecule has 0 fully saturated rings. The van der Waals surface area contributed by atoms with E-state index in [9.17, 15) is 4.79 Å². The number of Topliss-reactive ketones (excluding diaryl/α,β-unsaturated/α-hetero) is 1. The lowest BCUT2D eigenvalue weighted by atomic mass is 9.88. The van der Waals surface area contributed by atoms with Gasteiger partial charge in [0.1, 0.15) is 0 Å². The second-order valence-corrected chi connectivity index (χ2v) is 4.39. The molecule has 0 amide bonds. The number of benzene rings is 2. The SMILES string of the molecule is CCOCC1=Cc2cccc3cccc(c23)C1=O. The zero-order chi connectivity index (χ0) is 12.5. The molecule has 0 unspecified atom stereocenters. The lowest BCUT2D eigenvalue weighted by Crippen LogP contribution is -2.13. The molecular weight excluding hydrogens is 224 g/mol. The Bertz CT molecular complexity index is 648. The molecule has 1 aliphatic carbocycles. The zero-order valence-corrected chi connectivity index (χ0v) is 10.3. The maximum absolute atomic E-state index is 12.4. The van der Waals surface area contributed by atoms with E-state index >= 15 is 0 Å². The highest BCUT2D eigenvalue weighted by Crippen LogP contribution is 2.31. The fourth-order valence-corrected chi connectivity index (χ4v) is 2.42. The molecule has 0 atom stereocenters. The Morgan fingerprint density at radius 1 is 1.11 bits per heavy atom. The van der Waals surface area contributed by atoms with Crippen molar-refractivity contribution in [3.05, 3.63) is 53.1 Å². The molecule has 90 valence electrons. The lowest BCUT2D eigenvalue weighted by Gasteiger charge is -2.16. The van der Waals surface area contributed by atoms with Gasteiger partial charge in [0.05, 0.1) is 6.61 Å². The Morgan fingerprint density at radius 2 is 1.89 bits per heavy atom. The molecule has 1 aliphatic rings. The van der Waals surface area contributed by atoms with E-state index in [0.29, 0.717) is 13.2 Å². The number of rotatable bonds is 3. The molecule has 0 N–H and O–H groups in total. The molecule has 0 saturated heterocycles. The van der Waals surface area contributed by atoms with Crippen molar-refractivity contribution in [2.75, 3.05) is 13.2 Å². The third-order valence-electron chi connectivity index (χ3n) is 3.26. The van der Waals surface area contributed by atoms with Crippen molar-refractivity contribution in [1.82, 2.24) is 0 Å². The summed E-state index contributed by atoms with van der Waals surface area (Å²) >= 11 is 0. The summed E-state index contributed by atoms with van der Waals surface area (Å²) in [6, 6.07) is 12.0. The zero-order valence-electron chi connectivity index (χ0n) is 10.3. The summed E-state index contributed by atoms with van der Waals surface area (Å²) in [6.07, 6.45) is 1.95. The normalized spacial score (nSPS) is 13.8. The van der Waals surface area contributed by atoms with Crippen LogP contribution in [0.2, 0.25) is 0 Å². The predicted molar refractivity (Wildman–Crippen MR) is 72.7 cm³/mol. The molecule has 0 spiro atoms. The Morgan fingerprint density at radius 3 is 2.67 bits per heavy atom. The molecule has 0 radical (unpaired) electrons. The Hall–Kier alpha value is -1.93. The van der Waals surface area contributed by atoms with Crippen molar-refractivity contribution in [1.29, 1.82) is 0 Å². The van der Waals surface area contributed by atoms with E-state index in [-0.39, 0.29) is 5.78 Å². The first kappa shape index (κ1) is 11.2. The molecule has 0 bridgehead atoms. The van der Waals surface area contributed by atoms with E-state index in [4.69, 9.17) is 4.74 Å². The van der Waals surface area contributed by atoms with Crippen LogP contribution in [0.3, 0.4) is 0 Å². The predicted octanol–water partition coefficient (Wildman–Crippen LogP) is 3.46. The molecule has 2 aromatic carbocycles. The molecule has 0 aliphatic heterocycles. The van der Waals surface area contributed by atoms with E-state index < -0.39 is 0 Å². The maximum atomic E-state index is 12.4. The number of carbonyl (C=O) groups is 1. The minimum atomic E-state index is 0.0905. The maximum Gasteiger partial charge on any atom is 0.192 e. The van der Waals surface area contributed by atoms with E-state index in [1.165, 1.54) is 0 Å². The molecule has 2 aromatic rings. The monoisotopic (exact) mass is 238 g/mol. The number of ether oxygens (including phenoxy) is 1. The minimum Gasteiger partial charge on any atom is -0.377 e. The average Bonchev–Trinajstić information content (AvgIpc) is 2.41. The second kappa shape index (κ2) is 4.39. The molecule has 18 heavy (non-hydrogen) atoms. The van der Waals surface area contributed by atoms with Crippen LogP contribution >= 0.6 is 0 Å². The second-order valence-electron chi connectivity index (χ2n) is 4.39. The van der Waals surface area contributed by atoms with Gasteiger partial charge in [0.15, 0.2) is 5.78 Å². The molecule has 3 rings (SSSR count). The third kappa shape index (κ3) is 1.66. The van der Waals surface area contributed by atoms with E-state index in [1.54, 1.807) is 0 Å². The smallest absolute Gasteiger partial charge is 0.192 e. The summed E-state index contributed by atoms with van der Waals surface area (Å²) in [5.41, 5.74) is 2.64. The Labute approximate surface area is 106 Å². The van der Waals surface area contributed by atoms with Crippen LogP contribution < -0.4 is 0 Å². The van der Waals surface area contributed by atoms with Gasteiger partial charge in [0, 0.05) is 23.1 Å². The van der Waals surface area contributed by atoms with Gasteiger partial charge >= 0.3 is 0 Å². The van der Waals surface area contributed by atoms with E-state index in [1.807, 2.05) is 49.4 Å². The van der Waals surface area contributed by atoms with Crippen molar-refractivity contribution in [2.45, 2.75) is 6.92 Å². The summed E-state index contributed by atoms with van der Waals surface area (Å²) in [4.78, 5) is 12.4. The topological polar surface area (TPSA) is 26.3 Å². The van der Waals surface area contributed by atoms with Crippen LogP contribution in [0.5, 0.6) is 0 Å². The van der Waals surface area contributed by atoms with Crippen LogP contribution in [0.25, 0.3) is 16.8 Å². The van der Waals surface area contributed by atoms with Gasteiger partial charge in [0.25, 0.3) is 0 Å². The summed E-state index contributed by atoms with van der Waals surface area (Å²) in [5.74, 6) is 0.0905. The summed E-state index contributed by atoms with van der Waals surface area (Å²) in [7, 11) is 0. The van der Waals surface area contributed by atoms with Gasteiger partial charge < -0.3 is 4.74 Å². The van der Waals surface area contributed by atoms with Crippen molar-refractivity contribution < 1.29 is 9.53 Å². The molecule has 0 aromatic heterocycles. The number of hydrogen-bond donors (Lipinski definition) is 0. The van der Waals surface area contributed by atoms with Crippen LogP contribution in [0.15, 0.2) is 42.0 Å². The number of ketones is 1. The fraction of sp³-hybridized carbons (Fsp3) is 0.188. The van der Waals surface area contributed by atoms with Gasteiger partial charge in [-0.25, -0.2) is 0 Å². The van der Waals surface area contributed by atoms with Crippen molar-refractivity contribution in [3.63, 3.8) is 0 Å². The van der Waals surface area contributed by atoms with Gasteiger partial charge in [-0.2, -0.15) is 0 Å². The fourth-order valence-electron chi connectivity index (χ4n) is 2.42. The largest absolute Gasteiger partial charge is 0.377 e. The van der Waals surface area contributed by atoms with Crippen LogP contribution in [-0.2, 0) is 4.74 Å². The first-order valence-electron chi connectivity index (χ1n) is 6.16. The standard InChI is InChI=1S/C16H14O2/c1-2-18-10-13-9-12-7-3-5-11-6-4-8-14(15(11)12)16(13)17/h3-9H,2,10H2,1H3. The Balaban J connectivity index is 2.19. The highest BCUT2D eigenvalue weighted by molar-refractivity contribution is 6.22. The van der Waals surface area contributed by atoms with Crippen LogP contribution in [0.4, 0.5) is 0 Å². The quantitative estimate of drug-likeness (QED) is 0.818. The molecule has 2 heteroatoms. The first-order valence-corrected chi connectivity index (χ1v) is 6.16. The first-order chi connectivity index (χ1) is 8.81. The van der Waals surface area contributed by atoms with Crippen LogP contribution in [0.1, 0.15) is 22.8 Å². The van der Waals surface area contributed by atoms with Gasteiger partial charge in [-0.05, 0) is 23.9 Å². The van der Waals surface area contributed by atoms with E-state index in [2.05, 4.69) is 0 Å². The van der Waals surface area contributed by atoms with Crippen LogP contribution in [-0.4, -0.2) is 19.0 Å². The lowest BCUT2D eigenvalue weighted by molar-refractivity contribution is 0.0993. The molecule has 0 heterocycles. The highest BCUT2D eigenvalue weighted by Gasteiger charge is 2.21. The van der Waals surface area contributed by atoms with Gasteiger partial charge in [-0.15, -0.1) is 0 Å². The number of hydrogen-bond acceptors (Lipinski definition) is 2. The summed E-state index contributed by atoms with van der Waals surface area (Å²) < 4.78 is 5.37. The van der Waals surface area contributed by atoms with Crippen LogP contribution in [0, 0.1) is 0 Å². The summed E-state index contributed by atoms with van der Waals surface area (Å²) in [6.45, 7) is 2.94. The van der Waals surface area contributed by atoms with Crippen molar-refractivity contribution >= 4 is 22.6 Å². The molecule has 2 nitrogen and oxygen atoms in total. The third-order valence-corrected chi connectivity index (χ3v) is 3.26. The number of carbonyl (C=O) groups excluding carboxylic acids is 1. The van der Waals surface area contributed by atoms with E-state index in [0.717, 1.165) is 27.5 Å². The highest BCUT2D eigenvalue weighted by atomic mass is 16.5. The average molecular weight is 238 g/mol.